The number of esters is 1. The van der Waals surface area contributed by atoms with Crippen molar-refractivity contribution in [2.75, 3.05) is 6.61 Å². The summed E-state index contributed by atoms with van der Waals surface area (Å²) in [5.74, 6) is -1.17. The smallest absolute Gasteiger partial charge is 0.358 e. The van der Waals surface area contributed by atoms with Gasteiger partial charge in [0, 0.05) is 0 Å². The van der Waals surface area contributed by atoms with E-state index < -0.39 is 18.0 Å². The largest absolute Gasteiger partial charge is 0.476 e. The first kappa shape index (κ1) is 14.1. The van der Waals surface area contributed by atoms with Crippen LogP contribution in [0, 0.1) is 5.92 Å². The fourth-order valence-corrected chi connectivity index (χ4v) is 1.19. The Kier molecular flexibility index (Phi) is 4.82. The van der Waals surface area contributed by atoms with Crippen LogP contribution >= 0.6 is 0 Å². The van der Waals surface area contributed by atoms with Crippen molar-refractivity contribution >= 4 is 11.9 Å². The average molecular weight is 255 g/mol. The Morgan fingerprint density at radius 1 is 1.44 bits per heavy atom. The molecule has 0 saturated heterocycles. The Morgan fingerprint density at radius 2 is 2.11 bits per heavy atom. The first-order chi connectivity index (χ1) is 8.41. The van der Waals surface area contributed by atoms with E-state index in [0.29, 0.717) is 12.5 Å². The van der Waals surface area contributed by atoms with Crippen LogP contribution in [0.5, 0.6) is 0 Å². The summed E-state index contributed by atoms with van der Waals surface area (Å²) in [4.78, 5) is 22.3. The molecule has 1 aromatic rings. The molecule has 0 bridgehead atoms. The average Bonchev–Trinajstić information content (AvgIpc) is 2.76. The molecule has 1 atom stereocenters. The third-order valence-electron chi connectivity index (χ3n) is 2.41. The molecule has 18 heavy (non-hydrogen) atoms. The first-order valence-electron chi connectivity index (χ1n) is 5.73. The van der Waals surface area contributed by atoms with Crippen LogP contribution in [0.1, 0.15) is 43.7 Å². The summed E-state index contributed by atoms with van der Waals surface area (Å²) >= 11 is 0. The molecular formula is C11H17N3O4. The van der Waals surface area contributed by atoms with E-state index in [0.717, 1.165) is 6.42 Å². The fourth-order valence-electron chi connectivity index (χ4n) is 1.19. The SMILES string of the molecule is CC(C)CCOC(=O)C(C)n1cc(C(=O)O)nn1. The Labute approximate surface area is 105 Å². The van der Waals surface area contributed by atoms with Gasteiger partial charge >= 0.3 is 11.9 Å². The number of rotatable bonds is 6. The highest BCUT2D eigenvalue weighted by molar-refractivity contribution is 5.84. The van der Waals surface area contributed by atoms with Crippen molar-refractivity contribution in [2.24, 2.45) is 5.92 Å². The maximum Gasteiger partial charge on any atom is 0.358 e. The van der Waals surface area contributed by atoms with Crippen molar-refractivity contribution in [2.45, 2.75) is 33.2 Å². The molecule has 0 fully saturated rings. The third-order valence-corrected chi connectivity index (χ3v) is 2.41. The molecular weight excluding hydrogens is 238 g/mol. The predicted octanol–water partition coefficient (Wildman–Crippen LogP) is 1.13. The quantitative estimate of drug-likeness (QED) is 0.765. The molecule has 7 nitrogen and oxygen atoms in total. The molecule has 0 saturated carbocycles. The van der Waals surface area contributed by atoms with Crippen LogP contribution in [0.25, 0.3) is 0 Å². The number of hydrogen-bond acceptors (Lipinski definition) is 5. The van der Waals surface area contributed by atoms with Crippen LogP contribution in [-0.2, 0) is 9.53 Å². The van der Waals surface area contributed by atoms with Gasteiger partial charge in [0.2, 0.25) is 0 Å². The highest BCUT2D eigenvalue weighted by Crippen LogP contribution is 2.08. The van der Waals surface area contributed by atoms with Gasteiger partial charge in [-0.1, -0.05) is 19.1 Å². The lowest BCUT2D eigenvalue weighted by Gasteiger charge is -2.11. The minimum absolute atomic E-state index is 0.197. The topological polar surface area (TPSA) is 94.3 Å². The van der Waals surface area contributed by atoms with Gasteiger partial charge in [-0.2, -0.15) is 0 Å². The minimum atomic E-state index is -1.18. The van der Waals surface area contributed by atoms with Gasteiger partial charge in [0.1, 0.15) is 6.04 Å². The van der Waals surface area contributed by atoms with E-state index in [1.807, 2.05) is 13.8 Å². The molecule has 1 heterocycles. The number of aromatic carboxylic acids is 1. The zero-order valence-electron chi connectivity index (χ0n) is 10.7. The standard InChI is InChI=1S/C11H17N3O4/c1-7(2)4-5-18-11(17)8(3)14-6-9(10(15)16)12-13-14/h6-8H,4-5H2,1-3H3,(H,15,16). The molecule has 0 radical (unpaired) electrons. The molecule has 0 amide bonds. The minimum Gasteiger partial charge on any atom is -0.476 e. The van der Waals surface area contributed by atoms with Crippen LogP contribution in [0.15, 0.2) is 6.20 Å². The molecule has 1 N–H and O–H groups in total. The predicted molar refractivity (Wildman–Crippen MR) is 62.1 cm³/mol. The number of ether oxygens (including phenoxy) is 1. The van der Waals surface area contributed by atoms with E-state index in [9.17, 15) is 9.59 Å². The maximum atomic E-state index is 11.6. The molecule has 1 aromatic heterocycles. The highest BCUT2D eigenvalue weighted by Gasteiger charge is 2.19. The van der Waals surface area contributed by atoms with Crippen LogP contribution in [0.4, 0.5) is 0 Å². The molecule has 1 unspecified atom stereocenters. The van der Waals surface area contributed by atoms with Crippen molar-refractivity contribution < 1.29 is 19.4 Å². The number of carbonyl (C=O) groups is 2. The Balaban J connectivity index is 2.54. The number of carboxylic acid groups (broad SMARTS) is 1. The van der Waals surface area contributed by atoms with E-state index >= 15 is 0 Å². The van der Waals surface area contributed by atoms with E-state index in [4.69, 9.17) is 9.84 Å². The van der Waals surface area contributed by atoms with Gasteiger partial charge in [-0.3, -0.25) is 0 Å². The van der Waals surface area contributed by atoms with E-state index in [-0.39, 0.29) is 5.69 Å². The van der Waals surface area contributed by atoms with Gasteiger partial charge in [0.15, 0.2) is 5.69 Å². The van der Waals surface area contributed by atoms with Crippen molar-refractivity contribution in [1.82, 2.24) is 15.0 Å². The summed E-state index contributed by atoms with van der Waals surface area (Å²) in [6, 6.07) is -0.683. The number of nitrogens with zero attached hydrogens (tertiary/aromatic N) is 3. The van der Waals surface area contributed by atoms with Crippen molar-refractivity contribution in [3.8, 4) is 0 Å². The van der Waals surface area contributed by atoms with Crippen molar-refractivity contribution in [3.63, 3.8) is 0 Å². The fraction of sp³-hybridized carbons (Fsp3) is 0.636. The van der Waals surface area contributed by atoms with Crippen molar-refractivity contribution in [1.29, 1.82) is 0 Å². The molecule has 0 aliphatic rings. The first-order valence-corrected chi connectivity index (χ1v) is 5.73. The lowest BCUT2D eigenvalue weighted by Crippen LogP contribution is -2.20. The van der Waals surface area contributed by atoms with Gasteiger partial charge < -0.3 is 9.84 Å². The van der Waals surface area contributed by atoms with E-state index in [1.54, 1.807) is 6.92 Å². The number of carbonyl (C=O) groups excluding carboxylic acids is 1. The molecule has 0 aromatic carbocycles. The van der Waals surface area contributed by atoms with Crippen molar-refractivity contribution in [3.05, 3.63) is 11.9 Å². The Bertz CT molecular complexity index is 428. The number of hydrogen-bond donors (Lipinski definition) is 1. The second-order valence-electron chi connectivity index (χ2n) is 4.41. The molecule has 100 valence electrons. The van der Waals surface area contributed by atoms with Gasteiger partial charge in [-0.15, -0.1) is 5.10 Å². The Morgan fingerprint density at radius 3 is 2.61 bits per heavy atom. The summed E-state index contributed by atoms with van der Waals surface area (Å²) in [6.45, 7) is 6.00. The zero-order chi connectivity index (χ0) is 13.7. The molecule has 7 heteroatoms. The molecule has 1 rings (SSSR count). The summed E-state index contributed by atoms with van der Waals surface area (Å²) in [5.41, 5.74) is -0.197. The normalized spacial score (nSPS) is 12.4. The molecule has 0 spiro atoms. The monoisotopic (exact) mass is 255 g/mol. The van der Waals surface area contributed by atoms with Gasteiger partial charge in [0.05, 0.1) is 12.8 Å². The van der Waals surface area contributed by atoms with Crippen LogP contribution in [0.2, 0.25) is 0 Å². The second kappa shape index (κ2) is 6.13. The third kappa shape index (κ3) is 3.83. The maximum absolute atomic E-state index is 11.6. The summed E-state index contributed by atoms with van der Waals surface area (Å²) in [5, 5.41) is 15.7. The zero-order valence-corrected chi connectivity index (χ0v) is 10.7. The van der Waals surface area contributed by atoms with Gasteiger partial charge in [-0.25, -0.2) is 14.3 Å². The van der Waals surface area contributed by atoms with E-state index in [2.05, 4.69) is 10.3 Å². The summed E-state index contributed by atoms with van der Waals surface area (Å²) < 4.78 is 6.25. The highest BCUT2D eigenvalue weighted by atomic mass is 16.5. The second-order valence-corrected chi connectivity index (χ2v) is 4.41. The lowest BCUT2D eigenvalue weighted by molar-refractivity contribution is -0.147. The number of carboxylic acids is 1. The van der Waals surface area contributed by atoms with Crippen LogP contribution in [0.3, 0.4) is 0 Å². The Hall–Kier alpha value is -1.92. The van der Waals surface area contributed by atoms with Gasteiger partial charge in [0.25, 0.3) is 0 Å². The summed E-state index contributed by atoms with van der Waals surface area (Å²) in [7, 11) is 0. The lowest BCUT2D eigenvalue weighted by atomic mass is 10.1. The van der Waals surface area contributed by atoms with E-state index in [1.165, 1.54) is 10.9 Å². The molecule has 0 aliphatic heterocycles. The van der Waals surface area contributed by atoms with Crippen LogP contribution < -0.4 is 0 Å². The van der Waals surface area contributed by atoms with Crippen LogP contribution in [-0.4, -0.2) is 38.6 Å². The number of aromatic nitrogens is 3. The summed E-state index contributed by atoms with van der Waals surface area (Å²) in [6.07, 6.45) is 1.99. The molecule has 0 aliphatic carbocycles. The van der Waals surface area contributed by atoms with Gasteiger partial charge in [-0.05, 0) is 19.3 Å².